The Bertz CT molecular complexity index is 249. The lowest BCUT2D eigenvalue weighted by Gasteiger charge is -2.31. The molecule has 0 spiro atoms. The van der Waals surface area contributed by atoms with Crippen molar-refractivity contribution in [1.29, 1.82) is 0 Å². The Kier molecular flexibility index (Phi) is 2.36. The fourth-order valence-corrected chi connectivity index (χ4v) is 0.999. The summed E-state index contributed by atoms with van der Waals surface area (Å²) in [4.78, 5) is 26.0. The maximum atomic E-state index is 11.2. The number of nitrogens with zero attached hydrogens (tertiary/aromatic N) is 1. The van der Waals surface area contributed by atoms with Gasteiger partial charge in [-0.15, -0.1) is 0 Å². The van der Waals surface area contributed by atoms with Crippen molar-refractivity contribution in [3.05, 3.63) is 0 Å². The Hall–Kier alpha value is -1.39. The number of hydrogen-bond donors (Lipinski definition) is 0. The topological polar surface area (TPSA) is 65.0 Å². The van der Waals surface area contributed by atoms with Crippen LogP contribution in [-0.2, 0) is 19.1 Å². The molecule has 0 unspecified atom stereocenters. The van der Waals surface area contributed by atoms with E-state index >= 15 is 0 Å². The lowest BCUT2D eigenvalue weighted by molar-refractivity contribution is -0.235. The van der Waals surface area contributed by atoms with E-state index in [1.54, 1.807) is 0 Å². The third kappa shape index (κ3) is 2.05. The van der Waals surface area contributed by atoms with Gasteiger partial charge in [0, 0.05) is 27.1 Å². The normalized spacial score (nSPS) is 23.0. The lowest BCUT2D eigenvalue weighted by atomic mass is 10.1. The first-order chi connectivity index (χ1) is 5.96. The standard InChI is InChI=1S/C8H11NO4/c1-8(2)12-6(10)5(4-9-3)7(11)13-8/h4-5H,1-3H3. The highest BCUT2D eigenvalue weighted by atomic mass is 16.7. The van der Waals surface area contributed by atoms with Crippen molar-refractivity contribution >= 4 is 18.2 Å². The Balaban J connectivity index is 2.83. The number of rotatable bonds is 1. The van der Waals surface area contributed by atoms with Crippen LogP contribution in [0.3, 0.4) is 0 Å². The second-order valence-corrected chi connectivity index (χ2v) is 3.13. The van der Waals surface area contributed by atoms with E-state index in [2.05, 4.69) is 4.99 Å². The van der Waals surface area contributed by atoms with Crippen molar-refractivity contribution in [3.63, 3.8) is 0 Å². The first-order valence-corrected chi connectivity index (χ1v) is 3.84. The molecule has 0 aromatic heterocycles. The Labute approximate surface area is 75.7 Å². The quantitative estimate of drug-likeness (QED) is 0.331. The molecule has 0 aromatic rings. The van der Waals surface area contributed by atoms with Gasteiger partial charge in [-0.25, -0.2) is 0 Å². The summed E-state index contributed by atoms with van der Waals surface area (Å²) in [5.74, 6) is -3.41. The predicted octanol–water partition coefficient (Wildman–Crippen LogP) is 0.139. The van der Waals surface area contributed by atoms with Gasteiger partial charge in [0.2, 0.25) is 0 Å². The van der Waals surface area contributed by atoms with Gasteiger partial charge in [-0.1, -0.05) is 0 Å². The van der Waals surface area contributed by atoms with Crippen molar-refractivity contribution in [3.8, 4) is 0 Å². The zero-order valence-corrected chi connectivity index (χ0v) is 7.73. The van der Waals surface area contributed by atoms with Crippen molar-refractivity contribution in [2.75, 3.05) is 7.05 Å². The van der Waals surface area contributed by atoms with Crippen LogP contribution >= 0.6 is 0 Å². The summed E-state index contributed by atoms with van der Waals surface area (Å²) in [6.07, 6.45) is 1.21. The molecule has 0 radical (unpaired) electrons. The molecule has 1 aliphatic rings. The molecule has 5 heteroatoms. The molecule has 0 bridgehead atoms. The van der Waals surface area contributed by atoms with Crippen molar-refractivity contribution < 1.29 is 19.1 Å². The van der Waals surface area contributed by atoms with E-state index in [-0.39, 0.29) is 0 Å². The zero-order chi connectivity index (χ0) is 10.1. The van der Waals surface area contributed by atoms with Gasteiger partial charge in [0.1, 0.15) is 0 Å². The monoisotopic (exact) mass is 185 g/mol. The molecule has 0 aliphatic carbocycles. The second-order valence-electron chi connectivity index (χ2n) is 3.13. The second kappa shape index (κ2) is 3.16. The number of carbonyl (C=O) groups is 2. The summed E-state index contributed by atoms with van der Waals surface area (Å²) in [7, 11) is 1.47. The molecule has 0 aromatic carbocycles. The fraction of sp³-hybridized carbons (Fsp3) is 0.625. The van der Waals surface area contributed by atoms with E-state index in [4.69, 9.17) is 9.47 Å². The van der Waals surface area contributed by atoms with Crippen LogP contribution in [-0.4, -0.2) is 31.0 Å². The Morgan fingerprint density at radius 3 is 2.15 bits per heavy atom. The minimum absolute atomic E-state index is 0.619. The third-order valence-corrected chi connectivity index (χ3v) is 1.50. The van der Waals surface area contributed by atoms with E-state index < -0.39 is 23.6 Å². The van der Waals surface area contributed by atoms with Crippen LogP contribution in [0.4, 0.5) is 0 Å². The molecular formula is C8H11NO4. The maximum Gasteiger partial charge on any atom is 0.329 e. The first-order valence-electron chi connectivity index (χ1n) is 3.84. The van der Waals surface area contributed by atoms with Crippen LogP contribution in [0.15, 0.2) is 4.99 Å². The summed E-state index contributed by atoms with van der Waals surface area (Å²) >= 11 is 0. The molecule has 1 heterocycles. The van der Waals surface area contributed by atoms with Crippen LogP contribution in [0.1, 0.15) is 13.8 Å². The van der Waals surface area contributed by atoms with Gasteiger partial charge in [-0.05, 0) is 0 Å². The van der Waals surface area contributed by atoms with E-state index in [1.807, 2.05) is 0 Å². The maximum absolute atomic E-state index is 11.2. The summed E-state index contributed by atoms with van der Waals surface area (Å²) in [6.45, 7) is 3.00. The average Bonchev–Trinajstić information content (AvgIpc) is 1.94. The Morgan fingerprint density at radius 1 is 1.31 bits per heavy atom. The van der Waals surface area contributed by atoms with Crippen LogP contribution < -0.4 is 0 Å². The number of cyclic esters (lactones) is 2. The summed E-state index contributed by atoms with van der Waals surface area (Å²) < 4.78 is 9.67. The number of aliphatic imine (C=N–C) groups is 1. The van der Waals surface area contributed by atoms with Crippen LogP contribution in [0.25, 0.3) is 0 Å². The van der Waals surface area contributed by atoms with Gasteiger partial charge in [-0.3, -0.25) is 14.6 Å². The highest BCUT2D eigenvalue weighted by molar-refractivity contribution is 6.10. The molecule has 0 saturated carbocycles. The lowest BCUT2D eigenvalue weighted by Crippen LogP contribution is -2.46. The van der Waals surface area contributed by atoms with E-state index in [1.165, 1.54) is 27.1 Å². The number of esters is 2. The SMILES string of the molecule is CN=CC1C(=O)OC(C)(C)OC1=O. The van der Waals surface area contributed by atoms with Crippen molar-refractivity contribution in [2.45, 2.75) is 19.6 Å². The van der Waals surface area contributed by atoms with Gasteiger partial charge in [0.25, 0.3) is 5.79 Å². The largest absolute Gasteiger partial charge is 0.422 e. The van der Waals surface area contributed by atoms with Crippen LogP contribution in [0.2, 0.25) is 0 Å². The van der Waals surface area contributed by atoms with E-state index in [9.17, 15) is 9.59 Å². The fourth-order valence-electron chi connectivity index (χ4n) is 0.999. The van der Waals surface area contributed by atoms with Gasteiger partial charge >= 0.3 is 11.9 Å². The smallest absolute Gasteiger partial charge is 0.329 e. The summed E-state index contributed by atoms with van der Waals surface area (Å²) in [5.41, 5.74) is 0. The highest BCUT2D eigenvalue weighted by Crippen LogP contribution is 2.21. The number of ether oxygens (including phenoxy) is 2. The minimum atomic E-state index is -1.16. The van der Waals surface area contributed by atoms with E-state index in [0.717, 1.165) is 0 Å². The third-order valence-electron chi connectivity index (χ3n) is 1.50. The zero-order valence-electron chi connectivity index (χ0n) is 7.73. The molecule has 1 saturated heterocycles. The molecule has 1 aliphatic heterocycles. The number of hydrogen-bond acceptors (Lipinski definition) is 5. The van der Waals surface area contributed by atoms with Crippen LogP contribution in [0, 0.1) is 5.92 Å². The van der Waals surface area contributed by atoms with Gasteiger partial charge in [0.15, 0.2) is 5.92 Å². The predicted molar refractivity (Wildman–Crippen MR) is 44.2 cm³/mol. The van der Waals surface area contributed by atoms with Crippen LogP contribution in [0.5, 0.6) is 0 Å². The summed E-state index contributed by atoms with van der Waals surface area (Å²) in [5, 5.41) is 0. The molecule has 13 heavy (non-hydrogen) atoms. The van der Waals surface area contributed by atoms with Gasteiger partial charge < -0.3 is 9.47 Å². The molecule has 1 fully saturated rings. The van der Waals surface area contributed by atoms with E-state index in [0.29, 0.717) is 0 Å². The first kappa shape index (κ1) is 9.70. The van der Waals surface area contributed by atoms with Crippen molar-refractivity contribution in [2.24, 2.45) is 10.9 Å². The summed E-state index contributed by atoms with van der Waals surface area (Å²) in [6, 6.07) is 0. The molecule has 72 valence electrons. The molecule has 0 amide bonds. The van der Waals surface area contributed by atoms with Crippen molar-refractivity contribution in [1.82, 2.24) is 0 Å². The highest BCUT2D eigenvalue weighted by Gasteiger charge is 2.42. The molecular weight excluding hydrogens is 174 g/mol. The number of carbonyl (C=O) groups excluding carboxylic acids is 2. The Morgan fingerprint density at radius 2 is 1.77 bits per heavy atom. The molecule has 0 atom stereocenters. The molecule has 0 N–H and O–H groups in total. The molecule has 5 nitrogen and oxygen atoms in total. The minimum Gasteiger partial charge on any atom is -0.422 e. The average molecular weight is 185 g/mol. The van der Waals surface area contributed by atoms with Gasteiger partial charge in [0.05, 0.1) is 0 Å². The molecule has 1 rings (SSSR count). The van der Waals surface area contributed by atoms with Gasteiger partial charge in [-0.2, -0.15) is 0 Å².